The Hall–Kier alpha value is -4.34. The number of aromatic amines is 2. The van der Waals surface area contributed by atoms with Gasteiger partial charge in [0.05, 0.1) is 47.1 Å². The summed E-state index contributed by atoms with van der Waals surface area (Å²) in [5.74, 6) is 1.68. The van der Waals surface area contributed by atoms with Crippen molar-refractivity contribution < 1.29 is 8.81 Å². The van der Waals surface area contributed by atoms with Crippen molar-refractivity contribution in [2.75, 3.05) is 13.1 Å². The lowest BCUT2D eigenvalue weighted by Gasteiger charge is -2.08. The molecule has 1 saturated heterocycles. The van der Waals surface area contributed by atoms with Gasteiger partial charge in [-0.15, -0.1) is 0 Å². The summed E-state index contributed by atoms with van der Waals surface area (Å²) in [6.07, 6.45) is 4.91. The molecule has 6 aromatic rings. The maximum absolute atomic E-state index is 13.7. The molecule has 8 nitrogen and oxygen atoms in total. The number of benzene rings is 3. The van der Waals surface area contributed by atoms with Gasteiger partial charge in [0.2, 0.25) is 5.43 Å². The minimum Gasteiger partial charge on any atom is -0.456 e. The fourth-order valence-corrected chi connectivity index (χ4v) is 5.58. The lowest BCUT2D eigenvalue weighted by molar-refractivity contribution is 0.343. The maximum Gasteiger partial charge on any atom is 0.201 e. The minimum atomic E-state index is -0.912. The highest BCUT2D eigenvalue weighted by Gasteiger charge is 2.20. The lowest BCUT2D eigenvalue weighted by atomic mass is 10.0. The Morgan fingerprint density at radius 2 is 1.80 bits per heavy atom. The third-order valence-electron chi connectivity index (χ3n) is 7.61. The van der Waals surface area contributed by atoms with Crippen LogP contribution in [0.2, 0.25) is 0 Å². The molecule has 0 amide bonds. The molecule has 4 N–H and O–H groups in total. The number of alkyl halides is 1. The molecule has 1 fully saturated rings. The number of imidazole rings is 2. The summed E-state index contributed by atoms with van der Waals surface area (Å²) in [4.78, 5) is 29.4. The van der Waals surface area contributed by atoms with Crippen LogP contribution in [0.5, 0.6) is 0 Å². The number of halogens is 1. The molecule has 0 aliphatic carbocycles. The second-order valence-corrected chi connectivity index (χ2v) is 10.5. The number of rotatable bonds is 7. The van der Waals surface area contributed by atoms with Gasteiger partial charge in [-0.1, -0.05) is 24.3 Å². The van der Waals surface area contributed by atoms with Crippen LogP contribution in [0.3, 0.4) is 0 Å². The molecule has 0 saturated carbocycles. The average Bonchev–Trinajstić information content (AvgIpc) is 3.74. The molecule has 7 rings (SSSR count). The van der Waals surface area contributed by atoms with Crippen molar-refractivity contribution in [3.05, 3.63) is 82.8 Å². The van der Waals surface area contributed by atoms with Crippen LogP contribution >= 0.6 is 0 Å². The van der Waals surface area contributed by atoms with Gasteiger partial charge in [-0.2, -0.15) is 0 Å². The summed E-state index contributed by atoms with van der Waals surface area (Å²) in [6, 6.07) is 15.7. The number of hydrogen-bond acceptors (Lipinski definition) is 6. The van der Waals surface area contributed by atoms with Crippen LogP contribution in [0.1, 0.15) is 37.5 Å². The zero-order valence-corrected chi connectivity index (χ0v) is 22.1. The van der Waals surface area contributed by atoms with Crippen LogP contribution in [-0.2, 0) is 6.54 Å². The predicted molar refractivity (Wildman–Crippen MR) is 155 cm³/mol. The molecule has 202 valence electrons. The van der Waals surface area contributed by atoms with Crippen LogP contribution in [0, 0.1) is 0 Å². The Kier molecular flexibility index (Phi) is 6.17. The molecule has 0 radical (unpaired) electrons. The summed E-state index contributed by atoms with van der Waals surface area (Å²) in [6.45, 7) is 3.27. The Bertz CT molecular complexity index is 1910. The fourth-order valence-electron chi connectivity index (χ4n) is 5.58. The first-order valence-corrected chi connectivity index (χ1v) is 13.6. The van der Waals surface area contributed by atoms with Gasteiger partial charge in [-0.05, 0) is 61.3 Å². The molecule has 40 heavy (non-hydrogen) atoms. The monoisotopic (exact) mass is 536 g/mol. The number of aromatic nitrogens is 4. The lowest BCUT2D eigenvalue weighted by Crippen LogP contribution is -2.21. The smallest absolute Gasteiger partial charge is 0.201 e. The topological polar surface area (TPSA) is 112 Å². The van der Waals surface area contributed by atoms with Crippen molar-refractivity contribution in [1.82, 2.24) is 30.6 Å². The molecular weight excluding hydrogens is 507 g/mol. The molecule has 2 atom stereocenters. The van der Waals surface area contributed by atoms with Gasteiger partial charge in [0, 0.05) is 17.7 Å². The standard InChI is InChI=1S/C31H29FN6O2/c1-17(32)13-33-16-28-35-14-24(37-28)19-4-7-21-18(11-19)6-9-26-29(21)30(39)22-8-5-20(12-27(22)40-26)25-15-36-31(38-25)23-3-2-10-34-23/h4-9,11-12,14-15,17,23,33-34H,2-3,10,13,16H2,1H3,(H,35,37)(H,36,38)/t17-,23+/m1/s1. The number of nitrogens with one attached hydrogen (secondary N) is 4. The Morgan fingerprint density at radius 3 is 2.62 bits per heavy atom. The highest BCUT2D eigenvalue weighted by atomic mass is 19.1. The van der Waals surface area contributed by atoms with Gasteiger partial charge >= 0.3 is 0 Å². The largest absolute Gasteiger partial charge is 0.456 e. The molecule has 0 unspecified atom stereocenters. The van der Waals surface area contributed by atoms with Crippen LogP contribution in [-0.4, -0.2) is 39.2 Å². The van der Waals surface area contributed by atoms with Gasteiger partial charge < -0.3 is 25.0 Å². The quantitative estimate of drug-likeness (QED) is 0.153. The van der Waals surface area contributed by atoms with Gasteiger partial charge in [-0.3, -0.25) is 4.79 Å². The van der Waals surface area contributed by atoms with Gasteiger partial charge in [-0.25, -0.2) is 14.4 Å². The van der Waals surface area contributed by atoms with Crippen molar-refractivity contribution in [1.29, 1.82) is 0 Å². The van der Waals surface area contributed by atoms with E-state index in [1.54, 1.807) is 6.20 Å². The fraction of sp³-hybridized carbons (Fsp3) is 0.258. The van der Waals surface area contributed by atoms with Crippen LogP contribution in [0.25, 0.3) is 55.2 Å². The molecule has 1 aliphatic heterocycles. The van der Waals surface area contributed by atoms with Gasteiger partial charge in [0.15, 0.2) is 0 Å². The minimum absolute atomic E-state index is 0.0569. The Labute approximate surface area is 229 Å². The molecule has 9 heteroatoms. The highest BCUT2D eigenvalue weighted by molar-refractivity contribution is 6.09. The number of fused-ring (bicyclic) bond motifs is 4. The first kappa shape index (κ1) is 24.7. The Morgan fingerprint density at radius 1 is 1.00 bits per heavy atom. The first-order valence-electron chi connectivity index (χ1n) is 13.6. The van der Waals surface area contributed by atoms with Crippen molar-refractivity contribution in [3.63, 3.8) is 0 Å². The molecule has 4 heterocycles. The zero-order chi connectivity index (χ0) is 27.2. The molecular formula is C31H29FN6O2. The predicted octanol–water partition coefficient (Wildman–Crippen LogP) is 5.75. The summed E-state index contributed by atoms with van der Waals surface area (Å²) in [5, 5.41) is 9.37. The molecule has 1 aliphatic rings. The van der Waals surface area contributed by atoms with Crippen LogP contribution in [0.15, 0.2) is 70.1 Å². The van der Waals surface area contributed by atoms with Gasteiger partial charge in [0.1, 0.15) is 29.0 Å². The van der Waals surface area contributed by atoms with Crippen molar-refractivity contribution >= 4 is 32.7 Å². The van der Waals surface area contributed by atoms with E-state index in [1.807, 2.05) is 54.7 Å². The molecule has 0 bridgehead atoms. The SMILES string of the molecule is C[C@@H](F)CNCc1ncc(-c2ccc3c(ccc4oc5cc(-c6cnc([C@@H]7CCCN7)[nH]6)ccc5c(=O)c43)c2)[nH]1. The summed E-state index contributed by atoms with van der Waals surface area (Å²) in [7, 11) is 0. The summed E-state index contributed by atoms with van der Waals surface area (Å²) >= 11 is 0. The van der Waals surface area contributed by atoms with E-state index in [4.69, 9.17) is 4.42 Å². The number of H-pyrrole nitrogens is 2. The van der Waals surface area contributed by atoms with Gasteiger partial charge in [0.25, 0.3) is 0 Å². The third kappa shape index (κ3) is 4.47. The van der Waals surface area contributed by atoms with E-state index in [-0.39, 0.29) is 18.0 Å². The maximum atomic E-state index is 13.7. The zero-order valence-electron chi connectivity index (χ0n) is 22.1. The molecule has 3 aromatic carbocycles. The second kappa shape index (κ2) is 10.0. The number of nitrogens with zero attached hydrogens (tertiary/aromatic N) is 2. The highest BCUT2D eigenvalue weighted by Crippen LogP contribution is 2.31. The van der Waals surface area contributed by atoms with Crippen LogP contribution < -0.4 is 16.1 Å². The van der Waals surface area contributed by atoms with E-state index in [0.717, 1.165) is 64.3 Å². The normalized spacial score (nSPS) is 16.4. The van der Waals surface area contributed by atoms with E-state index < -0.39 is 6.17 Å². The van der Waals surface area contributed by atoms with Crippen molar-refractivity contribution in [2.45, 2.75) is 38.5 Å². The second-order valence-electron chi connectivity index (χ2n) is 10.5. The summed E-state index contributed by atoms with van der Waals surface area (Å²) in [5.41, 5.74) is 4.66. The van der Waals surface area contributed by atoms with Crippen molar-refractivity contribution in [2.24, 2.45) is 0 Å². The van der Waals surface area contributed by atoms with E-state index in [9.17, 15) is 9.18 Å². The van der Waals surface area contributed by atoms with Crippen LogP contribution in [0.4, 0.5) is 4.39 Å². The third-order valence-corrected chi connectivity index (χ3v) is 7.61. The van der Waals surface area contributed by atoms with E-state index >= 15 is 0 Å². The average molecular weight is 537 g/mol. The number of hydrogen-bond donors (Lipinski definition) is 4. The van der Waals surface area contributed by atoms with E-state index in [0.29, 0.717) is 28.5 Å². The first-order chi connectivity index (χ1) is 19.5. The van der Waals surface area contributed by atoms with E-state index in [2.05, 4.69) is 30.6 Å². The van der Waals surface area contributed by atoms with Crippen molar-refractivity contribution in [3.8, 4) is 22.5 Å². The summed E-state index contributed by atoms with van der Waals surface area (Å²) < 4.78 is 19.3. The molecule has 0 spiro atoms. The molecule has 3 aromatic heterocycles. The van der Waals surface area contributed by atoms with E-state index in [1.165, 1.54) is 6.92 Å². The Balaban J connectivity index is 1.22.